The van der Waals surface area contributed by atoms with Crippen molar-refractivity contribution in [1.82, 2.24) is 4.90 Å². The van der Waals surface area contributed by atoms with Crippen LogP contribution in [0.2, 0.25) is 0 Å². The molecule has 1 aromatic carbocycles. The number of carbonyl (C=O) groups is 1. The van der Waals surface area contributed by atoms with Gasteiger partial charge >= 0.3 is 0 Å². The molecule has 0 bridgehead atoms. The Balaban J connectivity index is 2.12. The molecule has 1 fully saturated rings. The fraction of sp³-hybridized carbons (Fsp3) is 0.533. The normalized spacial score (nSPS) is 23.4. The summed E-state index contributed by atoms with van der Waals surface area (Å²) in [6, 6.07) is 7.76. The van der Waals surface area contributed by atoms with Gasteiger partial charge in [0, 0.05) is 12.1 Å². The van der Waals surface area contributed by atoms with Gasteiger partial charge in [0.1, 0.15) is 0 Å². The van der Waals surface area contributed by atoms with Gasteiger partial charge in [-0.1, -0.05) is 19.1 Å². The van der Waals surface area contributed by atoms with E-state index in [0.717, 1.165) is 6.42 Å². The minimum absolute atomic E-state index is 0.0110. The van der Waals surface area contributed by atoms with Crippen LogP contribution < -0.4 is 0 Å². The molecule has 1 saturated heterocycles. The first-order valence-electron chi connectivity index (χ1n) is 6.78. The maximum atomic E-state index is 12.5. The molecule has 1 N–H and O–H groups in total. The van der Waals surface area contributed by atoms with Crippen molar-refractivity contribution in [3.63, 3.8) is 0 Å². The molecule has 104 valence electrons. The highest BCUT2D eigenvalue weighted by molar-refractivity contribution is 5.94. The fourth-order valence-electron chi connectivity index (χ4n) is 2.26. The molecule has 1 aliphatic rings. The van der Waals surface area contributed by atoms with E-state index in [0.29, 0.717) is 18.7 Å². The Labute approximate surface area is 114 Å². The number of amides is 1. The Morgan fingerprint density at radius 3 is 2.68 bits per heavy atom. The lowest BCUT2D eigenvalue weighted by atomic mass is 10.1. The first-order chi connectivity index (χ1) is 9.15. The summed E-state index contributed by atoms with van der Waals surface area (Å²) in [7, 11) is 0. The van der Waals surface area contributed by atoms with E-state index in [1.807, 2.05) is 31.2 Å². The number of carbonyl (C=O) groups excluding carboxylic acids is 1. The van der Waals surface area contributed by atoms with Crippen LogP contribution in [0, 0.1) is 0 Å². The standard InChI is InChI=1S/C15H21NO3/c1-3-12-4-6-13(7-5-12)15(18)16-8-14(9-17)19-10-11(16)2/h4-7,11,14,17H,3,8-10H2,1-2H3. The number of hydrogen-bond donors (Lipinski definition) is 1. The van der Waals surface area contributed by atoms with E-state index in [-0.39, 0.29) is 24.7 Å². The van der Waals surface area contributed by atoms with Crippen molar-refractivity contribution in [3.05, 3.63) is 35.4 Å². The highest BCUT2D eigenvalue weighted by atomic mass is 16.5. The largest absolute Gasteiger partial charge is 0.394 e. The van der Waals surface area contributed by atoms with Crippen molar-refractivity contribution in [2.75, 3.05) is 19.8 Å². The molecule has 1 aromatic rings. The van der Waals surface area contributed by atoms with Gasteiger partial charge in [-0.2, -0.15) is 0 Å². The zero-order chi connectivity index (χ0) is 13.8. The third kappa shape index (κ3) is 3.14. The fourth-order valence-corrected chi connectivity index (χ4v) is 2.26. The number of morpholine rings is 1. The lowest BCUT2D eigenvalue weighted by molar-refractivity contribution is -0.0667. The molecule has 0 aromatic heterocycles. The maximum Gasteiger partial charge on any atom is 0.254 e. The van der Waals surface area contributed by atoms with Crippen molar-refractivity contribution < 1.29 is 14.6 Å². The van der Waals surface area contributed by atoms with Crippen molar-refractivity contribution in [2.45, 2.75) is 32.4 Å². The van der Waals surface area contributed by atoms with Crippen molar-refractivity contribution >= 4 is 5.91 Å². The van der Waals surface area contributed by atoms with Crippen LogP contribution in [0.15, 0.2) is 24.3 Å². The molecule has 0 spiro atoms. The SMILES string of the molecule is CCc1ccc(C(=O)N2CC(CO)OCC2C)cc1. The molecule has 2 atom stereocenters. The molecule has 0 aliphatic carbocycles. The number of aliphatic hydroxyl groups is 1. The van der Waals surface area contributed by atoms with Gasteiger partial charge in [0.15, 0.2) is 0 Å². The van der Waals surface area contributed by atoms with Crippen LogP contribution in [0.1, 0.15) is 29.8 Å². The summed E-state index contributed by atoms with van der Waals surface area (Å²) < 4.78 is 5.45. The molecule has 1 amide bonds. The summed E-state index contributed by atoms with van der Waals surface area (Å²) in [6.07, 6.45) is 0.699. The molecular weight excluding hydrogens is 242 g/mol. The third-order valence-electron chi connectivity index (χ3n) is 3.58. The van der Waals surface area contributed by atoms with Crippen molar-refractivity contribution in [1.29, 1.82) is 0 Å². The van der Waals surface area contributed by atoms with Gasteiger partial charge in [-0.3, -0.25) is 4.79 Å². The summed E-state index contributed by atoms with van der Waals surface area (Å²) in [4.78, 5) is 14.2. The van der Waals surface area contributed by atoms with E-state index < -0.39 is 0 Å². The summed E-state index contributed by atoms with van der Waals surface area (Å²) >= 11 is 0. The molecule has 1 heterocycles. The number of nitrogens with zero attached hydrogens (tertiary/aromatic N) is 1. The van der Waals surface area contributed by atoms with Crippen LogP contribution >= 0.6 is 0 Å². The molecule has 0 saturated carbocycles. The maximum absolute atomic E-state index is 12.5. The Kier molecular flexibility index (Phi) is 4.56. The van der Waals surface area contributed by atoms with Crippen LogP contribution in [0.25, 0.3) is 0 Å². The van der Waals surface area contributed by atoms with Crippen LogP contribution in [0.3, 0.4) is 0 Å². The number of hydrogen-bond acceptors (Lipinski definition) is 3. The smallest absolute Gasteiger partial charge is 0.254 e. The summed E-state index contributed by atoms with van der Waals surface area (Å²) in [5, 5.41) is 9.15. The van der Waals surface area contributed by atoms with Gasteiger partial charge in [-0.05, 0) is 31.0 Å². The number of ether oxygens (including phenoxy) is 1. The van der Waals surface area contributed by atoms with Crippen molar-refractivity contribution in [2.24, 2.45) is 0 Å². The molecule has 2 rings (SSSR count). The molecule has 1 aliphatic heterocycles. The Bertz CT molecular complexity index is 430. The van der Waals surface area contributed by atoms with Crippen LogP contribution in [0.5, 0.6) is 0 Å². The minimum Gasteiger partial charge on any atom is -0.394 e. The molecular formula is C15H21NO3. The summed E-state index contributed by atoms with van der Waals surface area (Å²) in [5.74, 6) is 0.0110. The number of rotatable bonds is 3. The van der Waals surface area contributed by atoms with Crippen LogP contribution in [-0.4, -0.2) is 47.8 Å². The average Bonchev–Trinajstić information content (AvgIpc) is 2.47. The number of aliphatic hydroxyl groups excluding tert-OH is 1. The molecule has 2 unspecified atom stereocenters. The number of benzene rings is 1. The van der Waals surface area contributed by atoms with Crippen LogP contribution in [0.4, 0.5) is 0 Å². The first kappa shape index (κ1) is 14.0. The average molecular weight is 263 g/mol. The second-order valence-electron chi connectivity index (χ2n) is 4.99. The van der Waals surface area contributed by atoms with Gasteiger partial charge in [-0.15, -0.1) is 0 Å². The summed E-state index contributed by atoms with van der Waals surface area (Å²) in [6.45, 7) is 4.93. The van der Waals surface area contributed by atoms with Crippen LogP contribution in [-0.2, 0) is 11.2 Å². The van der Waals surface area contributed by atoms with E-state index in [2.05, 4.69) is 6.92 Å². The van der Waals surface area contributed by atoms with Gasteiger partial charge < -0.3 is 14.7 Å². The van der Waals surface area contributed by atoms with E-state index in [4.69, 9.17) is 9.84 Å². The minimum atomic E-state index is -0.268. The molecule has 19 heavy (non-hydrogen) atoms. The Morgan fingerprint density at radius 1 is 1.42 bits per heavy atom. The first-order valence-corrected chi connectivity index (χ1v) is 6.78. The summed E-state index contributed by atoms with van der Waals surface area (Å²) in [5.41, 5.74) is 1.92. The Morgan fingerprint density at radius 2 is 2.11 bits per heavy atom. The lowest BCUT2D eigenvalue weighted by Crippen LogP contribution is -2.52. The second kappa shape index (κ2) is 6.17. The monoisotopic (exact) mass is 263 g/mol. The zero-order valence-electron chi connectivity index (χ0n) is 11.5. The van der Waals surface area contributed by atoms with E-state index >= 15 is 0 Å². The highest BCUT2D eigenvalue weighted by Gasteiger charge is 2.29. The molecule has 0 radical (unpaired) electrons. The molecule has 4 heteroatoms. The topological polar surface area (TPSA) is 49.8 Å². The van der Waals surface area contributed by atoms with Crippen molar-refractivity contribution in [3.8, 4) is 0 Å². The van der Waals surface area contributed by atoms with E-state index in [9.17, 15) is 4.79 Å². The quantitative estimate of drug-likeness (QED) is 0.898. The van der Waals surface area contributed by atoms with Gasteiger partial charge in [0.05, 0.1) is 25.4 Å². The predicted octanol–water partition coefficient (Wildman–Crippen LogP) is 1.47. The zero-order valence-corrected chi connectivity index (χ0v) is 11.5. The van der Waals surface area contributed by atoms with Gasteiger partial charge in [0.2, 0.25) is 0 Å². The second-order valence-corrected chi connectivity index (χ2v) is 4.99. The van der Waals surface area contributed by atoms with E-state index in [1.165, 1.54) is 5.56 Å². The van der Waals surface area contributed by atoms with Gasteiger partial charge in [0.25, 0.3) is 5.91 Å². The predicted molar refractivity (Wildman–Crippen MR) is 73.1 cm³/mol. The third-order valence-corrected chi connectivity index (χ3v) is 3.58. The lowest BCUT2D eigenvalue weighted by Gasteiger charge is -2.37. The number of aryl methyl sites for hydroxylation is 1. The van der Waals surface area contributed by atoms with E-state index in [1.54, 1.807) is 4.90 Å². The Hall–Kier alpha value is -1.39. The highest BCUT2D eigenvalue weighted by Crippen LogP contribution is 2.16. The van der Waals surface area contributed by atoms with Gasteiger partial charge in [-0.25, -0.2) is 0 Å². The molecule has 4 nitrogen and oxygen atoms in total.